The lowest BCUT2D eigenvalue weighted by Crippen LogP contribution is -2.41. The zero-order chi connectivity index (χ0) is 15.8. The number of carboxylic acids is 1. The smallest absolute Gasteiger partial charge is 0.326 e. The van der Waals surface area contributed by atoms with Crippen molar-refractivity contribution < 1.29 is 24.3 Å². The maximum absolute atomic E-state index is 11.9. The maximum atomic E-state index is 11.9. The number of hydrogen-bond donors (Lipinski definition) is 3. The Hall–Kier alpha value is -2.12. The number of carbonyl (C=O) groups excluding carboxylic acids is 3. The third-order valence-corrected chi connectivity index (χ3v) is 3.25. The second-order valence-corrected chi connectivity index (χ2v) is 4.92. The molecule has 0 aliphatic carbocycles. The highest BCUT2D eigenvalue weighted by Gasteiger charge is 2.33. The van der Waals surface area contributed by atoms with Crippen molar-refractivity contribution in [3.8, 4) is 0 Å². The van der Waals surface area contributed by atoms with Crippen molar-refractivity contribution >= 4 is 23.7 Å². The van der Waals surface area contributed by atoms with Crippen LogP contribution in [0.3, 0.4) is 0 Å². The lowest BCUT2D eigenvalue weighted by Gasteiger charge is -2.21. The van der Waals surface area contributed by atoms with E-state index in [9.17, 15) is 19.2 Å². The molecule has 1 unspecified atom stereocenters. The molecule has 0 saturated carbocycles. The van der Waals surface area contributed by atoms with Gasteiger partial charge < -0.3 is 20.6 Å². The first kappa shape index (κ1) is 16.9. The highest BCUT2D eigenvalue weighted by molar-refractivity contribution is 5.87. The van der Waals surface area contributed by atoms with E-state index in [-0.39, 0.29) is 30.6 Å². The Balaban J connectivity index is 2.24. The maximum Gasteiger partial charge on any atom is 0.326 e. The van der Waals surface area contributed by atoms with Gasteiger partial charge in [-0.3, -0.25) is 14.4 Å². The number of nitrogens with zero attached hydrogens (tertiary/aromatic N) is 1. The van der Waals surface area contributed by atoms with Crippen LogP contribution in [0.25, 0.3) is 0 Å². The third-order valence-electron chi connectivity index (χ3n) is 3.25. The van der Waals surface area contributed by atoms with Crippen LogP contribution in [-0.4, -0.2) is 59.4 Å². The van der Waals surface area contributed by atoms with Gasteiger partial charge in [0.05, 0.1) is 0 Å². The predicted molar refractivity (Wildman–Crippen MR) is 73.3 cm³/mol. The van der Waals surface area contributed by atoms with Crippen LogP contribution < -0.4 is 10.6 Å². The highest BCUT2D eigenvalue weighted by Crippen LogP contribution is 2.18. The van der Waals surface area contributed by atoms with Crippen molar-refractivity contribution in [3.63, 3.8) is 0 Å². The van der Waals surface area contributed by atoms with E-state index >= 15 is 0 Å². The van der Waals surface area contributed by atoms with Crippen molar-refractivity contribution in [1.29, 1.82) is 0 Å². The van der Waals surface area contributed by atoms with Crippen molar-refractivity contribution in [1.82, 2.24) is 15.5 Å². The molecular weight excluding hydrogens is 278 g/mol. The van der Waals surface area contributed by atoms with E-state index < -0.39 is 12.0 Å². The molecule has 1 aliphatic rings. The van der Waals surface area contributed by atoms with E-state index in [1.165, 1.54) is 11.8 Å². The fourth-order valence-electron chi connectivity index (χ4n) is 2.21. The van der Waals surface area contributed by atoms with Gasteiger partial charge in [-0.05, 0) is 12.8 Å². The largest absolute Gasteiger partial charge is 0.480 e. The van der Waals surface area contributed by atoms with Crippen molar-refractivity contribution in [3.05, 3.63) is 0 Å². The monoisotopic (exact) mass is 299 g/mol. The number of aliphatic carboxylic acids is 1. The molecule has 0 radical (unpaired) electrons. The Labute approximate surface area is 122 Å². The molecule has 21 heavy (non-hydrogen) atoms. The summed E-state index contributed by atoms with van der Waals surface area (Å²) in [5, 5.41) is 14.1. The van der Waals surface area contributed by atoms with Gasteiger partial charge >= 0.3 is 5.97 Å². The van der Waals surface area contributed by atoms with Crippen LogP contribution in [-0.2, 0) is 19.2 Å². The number of carbonyl (C=O) groups is 4. The molecule has 0 aromatic rings. The standard InChI is InChI=1S/C13H21N3O5/c1-9(17)14-6-7-15-11(18)4-5-12(19)16-8-2-3-10(16)13(20)21/h10H,2-8H2,1H3,(H,14,17)(H,15,18)(H,20,21). The first-order chi connectivity index (χ1) is 9.91. The van der Waals surface area contributed by atoms with Crippen molar-refractivity contribution in [2.24, 2.45) is 0 Å². The van der Waals surface area contributed by atoms with Gasteiger partial charge in [-0.15, -0.1) is 0 Å². The van der Waals surface area contributed by atoms with Crippen LogP contribution in [0.2, 0.25) is 0 Å². The summed E-state index contributed by atoms with van der Waals surface area (Å²) in [5.41, 5.74) is 0. The van der Waals surface area contributed by atoms with Crippen LogP contribution in [0.4, 0.5) is 0 Å². The molecule has 1 aliphatic heterocycles. The lowest BCUT2D eigenvalue weighted by atomic mass is 10.2. The van der Waals surface area contributed by atoms with Crippen LogP contribution >= 0.6 is 0 Å². The molecule has 1 saturated heterocycles. The van der Waals surface area contributed by atoms with Gasteiger partial charge in [0.25, 0.3) is 0 Å². The second-order valence-electron chi connectivity index (χ2n) is 4.92. The number of nitrogens with one attached hydrogen (secondary N) is 2. The van der Waals surface area contributed by atoms with E-state index in [0.29, 0.717) is 32.5 Å². The summed E-state index contributed by atoms with van der Waals surface area (Å²) in [6.07, 6.45) is 1.15. The van der Waals surface area contributed by atoms with E-state index in [2.05, 4.69) is 10.6 Å². The van der Waals surface area contributed by atoms with Crippen LogP contribution in [0, 0.1) is 0 Å². The topological polar surface area (TPSA) is 116 Å². The van der Waals surface area contributed by atoms with Crippen LogP contribution in [0.1, 0.15) is 32.6 Å². The molecule has 1 atom stereocenters. The summed E-state index contributed by atoms with van der Waals surface area (Å²) in [6, 6.07) is -0.764. The Morgan fingerprint density at radius 1 is 1.14 bits per heavy atom. The van der Waals surface area contributed by atoms with Crippen LogP contribution in [0.15, 0.2) is 0 Å². The average molecular weight is 299 g/mol. The lowest BCUT2D eigenvalue weighted by molar-refractivity contribution is -0.148. The molecule has 3 amide bonds. The van der Waals surface area contributed by atoms with E-state index in [1.54, 1.807) is 0 Å². The molecule has 3 N–H and O–H groups in total. The van der Waals surface area contributed by atoms with Gasteiger partial charge in [-0.1, -0.05) is 0 Å². The Kier molecular flexibility index (Phi) is 6.64. The zero-order valence-electron chi connectivity index (χ0n) is 12.1. The quantitative estimate of drug-likeness (QED) is 0.527. The number of carboxylic acid groups (broad SMARTS) is 1. The van der Waals surface area contributed by atoms with Gasteiger partial charge in [-0.2, -0.15) is 0 Å². The highest BCUT2D eigenvalue weighted by atomic mass is 16.4. The molecule has 0 aromatic carbocycles. The molecule has 8 heteroatoms. The summed E-state index contributed by atoms with van der Waals surface area (Å²) in [7, 11) is 0. The minimum Gasteiger partial charge on any atom is -0.480 e. The number of rotatable bonds is 7. The van der Waals surface area contributed by atoms with E-state index in [1.807, 2.05) is 0 Å². The first-order valence-electron chi connectivity index (χ1n) is 6.95. The Bertz CT molecular complexity index is 424. The third kappa shape index (κ3) is 5.80. The molecule has 118 valence electrons. The van der Waals surface area contributed by atoms with Crippen LogP contribution in [0.5, 0.6) is 0 Å². The van der Waals surface area contributed by atoms with Crippen molar-refractivity contribution in [2.75, 3.05) is 19.6 Å². The summed E-state index contributed by atoms with van der Waals surface area (Å²) in [5.74, 6) is -1.77. The summed E-state index contributed by atoms with van der Waals surface area (Å²) >= 11 is 0. The zero-order valence-corrected chi connectivity index (χ0v) is 12.1. The summed E-state index contributed by atoms with van der Waals surface area (Å²) in [6.45, 7) is 2.45. The Morgan fingerprint density at radius 3 is 2.43 bits per heavy atom. The Morgan fingerprint density at radius 2 is 1.81 bits per heavy atom. The number of amides is 3. The molecule has 1 fully saturated rings. The molecule has 8 nitrogen and oxygen atoms in total. The molecule has 1 heterocycles. The van der Waals surface area contributed by atoms with Gasteiger partial charge in [0.2, 0.25) is 17.7 Å². The van der Waals surface area contributed by atoms with Gasteiger partial charge in [0.15, 0.2) is 0 Å². The van der Waals surface area contributed by atoms with Gasteiger partial charge in [0, 0.05) is 39.4 Å². The second kappa shape index (κ2) is 8.23. The molecule has 0 bridgehead atoms. The van der Waals surface area contributed by atoms with Crippen molar-refractivity contribution in [2.45, 2.75) is 38.6 Å². The average Bonchev–Trinajstić information content (AvgIpc) is 2.90. The molecule has 0 aromatic heterocycles. The summed E-state index contributed by atoms with van der Waals surface area (Å²) < 4.78 is 0. The van der Waals surface area contributed by atoms with E-state index in [0.717, 1.165) is 0 Å². The summed E-state index contributed by atoms with van der Waals surface area (Å²) in [4.78, 5) is 46.3. The van der Waals surface area contributed by atoms with Gasteiger partial charge in [-0.25, -0.2) is 4.79 Å². The SMILES string of the molecule is CC(=O)NCCNC(=O)CCC(=O)N1CCCC1C(=O)O. The fourth-order valence-corrected chi connectivity index (χ4v) is 2.21. The fraction of sp³-hybridized carbons (Fsp3) is 0.692. The molecular formula is C13H21N3O5. The van der Waals surface area contributed by atoms with E-state index in [4.69, 9.17) is 5.11 Å². The minimum absolute atomic E-state index is 0.00422. The molecule has 1 rings (SSSR count). The number of likely N-dealkylation sites (tertiary alicyclic amines) is 1. The predicted octanol–water partition coefficient (Wildman–Crippen LogP) is -0.905. The first-order valence-corrected chi connectivity index (χ1v) is 6.95. The molecule has 0 spiro atoms. The number of hydrogen-bond acceptors (Lipinski definition) is 4. The minimum atomic E-state index is -0.999. The van der Waals surface area contributed by atoms with Gasteiger partial charge in [0.1, 0.15) is 6.04 Å². The normalized spacial score (nSPS) is 17.4.